The quantitative estimate of drug-likeness (QED) is 0.320. The zero-order valence-corrected chi connectivity index (χ0v) is 20.3. The van der Waals surface area contributed by atoms with Crippen LogP contribution in [0.2, 0.25) is 5.02 Å². The first-order valence-corrected chi connectivity index (χ1v) is 12.0. The number of halogens is 1. The summed E-state index contributed by atoms with van der Waals surface area (Å²) in [6.45, 7) is 5.86. The molecule has 0 aliphatic carbocycles. The third kappa shape index (κ3) is 5.46. The number of carbonyl (C=O) groups excluding carboxylic acids is 1. The first-order chi connectivity index (χ1) is 15.9. The Bertz CT molecular complexity index is 1250. The molecule has 1 unspecified atom stereocenters. The maximum Gasteiger partial charge on any atom is 0.237 e. The number of rotatable bonds is 7. The van der Waals surface area contributed by atoms with Crippen molar-refractivity contribution in [2.24, 2.45) is 0 Å². The van der Waals surface area contributed by atoms with Crippen LogP contribution in [-0.4, -0.2) is 25.9 Å². The number of para-hydroxylation sites is 1. The summed E-state index contributed by atoms with van der Waals surface area (Å²) in [6.07, 6.45) is 0.615. The van der Waals surface area contributed by atoms with Crippen molar-refractivity contribution in [2.45, 2.75) is 37.6 Å². The van der Waals surface area contributed by atoms with E-state index in [0.717, 1.165) is 33.9 Å². The first kappa shape index (κ1) is 23.1. The monoisotopic (exact) mass is 476 g/mol. The van der Waals surface area contributed by atoms with Gasteiger partial charge in [-0.05, 0) is 55.7 Å². The van der Waals surface area contributed by atoms with E-state index in [9.17, 15) is 4.79 Å². The van der Waals surface area contributed by atoms with Gasteiger partial charge >= 0.3 is 0 Å². The number of aryl methyl sites for hydroxylation is 2. The second-order valence-corrected chi connectivity index (χ2v) is 9.64. The molecule has 0 fully saturated rings. The zero-order chi connectivity index (χ0) is 23.4. The highest BCUT2D eigenvalue weighted by atomic mass is 35.5. The summed E-state index contributed by atoms with van der Waals surface area (Å²) in [5, 5.41) is 12.9. The molecule has 5 nitrogen and oxygen atoms in total. The maximum atomic E-state index is 13.0. The van der Waals surface area contributed by atoms with Gasteiger partial charge in [0.15, 0.2) is 5.16 Å². The second-order valence-electron chi connectivity index (χ2n) is 7.89. The highest BCUT2D eigenvalue weighted by Gasteiger charge is 2.22. The number of anilines is 1. The van der Waals surface area contributed by atoms with Gasteiger partial charge in [0.1, 0.15) is 5.82 Å². The van der Waals surface area contributed by atoms with Crippen LogP contribution in [0.3, 0.4) is 0 Å². The van der Waals surface area contributed by atoms with Crippen molar-refractivity contribution in [1.82, 2.24) is 14.8 Å². The van der Waals surface area contributed by atoms with Gasteiger partial charge in [-0.25, -0.2) is 0 Å². The summed E-state index contributed by atoms with van der Waals surface area (Å²) in [5.41, 5.74) is 4.92. The smallest absolute Gasteiger partial charge is 0.237 e. The lowest BCUT2D eigenvalue weighted by molar-refractivity contribution is -0.115. The molecule has 0 radical (unpaired) electrons. The topological polar surface area (TPSA) is 59.8 Å². The van der Waals surface area contributed by atoms with Gasteiger partial charge in [0, 0.05) is 17.1 Å². The van der Waals surface area contributed by atoms with Crippen LogP contribution in [0.4, 0.5) is 5.69 Å². The molecule has 33 heavy (non-hydrogen) atoms. The van der Waals surface area contributed by atoms with Crippen LogP contribution in [-0.2, 0) is 11.2 Å². The Morgan fingerprint density at radius 3 is 2.39 bits per heavy atom. The summed E-state index contributed by atoms with van der Waals surface area (Å²) >= 11 is 7.65. The maximum absolute atomic E-state index is 13.0. The molecule has 168 valence electrons. The molecule has 3 aromatic carbocycles. The van der Waals surface area contributed by atoms with Crippen molar-refractivity contribution in [1.29, 1.82) is 0 Å². The number of hydrogen-bond donors (Lipinski definition) is 1. The number of hydrogen-bond acceptors (Lipinski definition) is 4. The van der Waals surface area contributed by atoms with E-state index in [1.165, 1.54) is 11.8 Å². The minimum absolute atomic E-state index is 0.0809. The summed E-state index contributed by atoms with van der Waals surface area (Å²) < 4.78 is 1.98. The lowest BCUT2D eigenvalue weighted by Gasteiger charge is -2.16. The van der Waals surface area contributed by atoms with Crippen molar-refractivity contribution in [3.8, 4) is 5.69 Å². The van der Waals surface area contributed by atoms with Gasteiger partial charge in [-0.3, -0.25) is 9.36 Å². The molecule has 0 bridgehead atoms. The molecular formula is C26H25ClN4OS. The van der Waals surface area contributed by atoms with Crippen LogP contribution in [0.15, 0.2) is 78.0 Å². The molecule has 1 amide bonds. The van der Waals surface area contributed by atoms with E-state index in [-0.39, 0.29) is 11.2 Å². The molecule has 0 aliphatic heterocycles. The summed E-state index contributed by atoms with van der Waals surface area (Å²) in [6, 6.07) is 23.7. The molecule has 0 saturated carbocycles. The van der Waals surface area contributed by atoms with Crippen molar-refractivity contribution in [3.05, 3.63) is 100 Å². The third-order valence-corrected chi connectivity index (χ3v) is 6.63. The van der Waals surface area contributed by atoms with E-state index in [0.29, 0.717) is 16.6 Å². The molecule has 7 heteroatoms. The average molecular weight is 477 g/mol. The van der Waals surface area contributed by atoms with Crippen LogP contribution in [0.5, 0.6) is 0 Å². The van der Waals surface area contributed by atoms with Gasteiger partial charge in [0.2, 0.25) is 5.91 Å². The van der Waals surface area contributed by atoms with Crippen LogP contribution >= 0.6 is 23.4 Å². The van der Waals surface area contributed by atoms with E-state index < -0.39 is 0 Å². The molecule has 1 N–H and O–H groups in total. The standard InChI is InChI=1S/C26H25ClN4OS/c1-17-9-7-10-18(2)24(17)28-25(32)19(3)33-26-30-29-23(15-20-11-5-4-6-12-20)31(26)22-14-8-13-21(27)16-22/h4-14,16,19H,15H2,1-3H3,(H,28,32). The number of nitrogens with one attached hydrogen (secondary N) is 1. The Kier molecular flexibility index (Phi) is 7.16. The second kappa shape index (κ2) is 10.2. The number of nitrogens with zero attached hydrogens (tertiary/aromatic N) is 3. The van der Waals surface area contributed by atoms with Crippen LogP contribution in [0.25, 0.3) is 5.69 Å². The number of carbonyl (C=O) groups is 1. The summed E-state index contributed by atoms with van der Waals surface area (Å²) in [5.74, 6) is 0.705. The van der Waals surface area contributed by atoms with Crippen LogP contribution < -0.4 is 5.32 Å². The lowest BCUT2D eigenvalue weighted by Crippen LogP contribution is -2.24. The minimum Gasteiger partial charge on any atom is -0.325 e. The number of amides is 1. The Labute approximate surface area is 203 Å². The first-order valence-electron chi connectivity index (χ1n) is 10.7. The van der Waals surface area contributed by atoms with Crippen LogP contribution in [0, 0.1) is 13.8 Å². The number of aromatic nitrogens is 3. The average Bonchev–Trinajstić information content (AvgIpc) is 3.18. The van der Waals surface area contributed by atoms with Crippen molar-refractivity contribution in [3.63, 3.8) is 0 Å². The van der Waals surface area contributed by atoms with Crippen LogP contribution in [0.1, 0.15) is 29.4 Å². The Morgan fingerprint density at radius 2 is 1.70 bits per heavy atom. The lowest BCUT2D eigenvalue weighted by atomic mass is 10.1. The van der Waals surface area contributed by atoms with Gasteiger partial charge < -0.3 is 5.32 Å². The molecule has 4 rings (SSSR count). The Balaban J connectivity index is 1.62. The molecule has 1 heterocycles. The van der Waals surface area contributed by atoms with E-state index in [4.69, 9.17) is 11.6 Å². The molecule has 1 aromatic heterocycles. The molecular weight excluding hydrogens is 452 g/mol. The number of benzene rings is 3. The van der Waals surface area contributed by atoms with Crippen molar-refractivity contribution in [2.75, 3.05) is 5.32 Å². The van der Waals surface area contributed by atoms with E-state index in [1.807, 2.05) is 86.0 Å². The summed E-state index contributed by atoms with van der Waals surface area (Å²) in [7, 11) is 0. The highest BCUT2D eigenvalue weighted by Crippen LogP contribution is 2.29. The Morgan fingerprint density at radius 1 is 1.00 bits per heavy atom. The van der Waals surface area contributed by atoms with Gasteiger partial charge in [-0.2, -0.15) is 0 Å². The molecule has 0 aliphatic rings. The Hall–Kier alpha value is -3.09. The third-order valence-electron chi connectivity index (χ3n) is 5.35. The molecule has 0 spiro atoms. The van der Waals surface area contributed by atoms with Gasteiger partial charge in [0.05, 0.1) is 10.9 Å². The highest BCUT2D eigenvalue weighted by molar-refractivity contribution is 8.00. The van der Waals surface area contributed by atoms with E-state index in [1.54, 1.807) is 0 Å². The van der Waals surface area contributed by atoms with Gasteiger partial charge in [-0.1, -0.05) is 78.0 Å². The largest absolute Gasteiger partial charge is 0.325 e. The summed E-state index contributed by atoms with van der Waals surface area (Å²) in [4.78, 5) is 13.0. The van der Waals surface area contributed by atoms with E-state index in [2.05, 4.69) is 27.6 Å². The predicted molar refractivity (Wildman–Crippen MR) is 135 cm³/mol. The number of thioether (sulfide) groups is 1. The fraction of sp³-hybridized carbons (Fsp3) is 0.192. The van der Waals surface area contributed by atoms with Crippen molar-refractivity contribution < 1.29 is 4.79 Å². The predicted octanol–water partition coefficient (Wildman–Crippen LogP) is 6.25. The fourth-order valence-corrected chi connectivity index (χ4v) is 4.66. The SMILES string of the molecule is Cc1cccc(C)c1NC(=O)C(C)Sc1nnc(Cc2ccccc2)n1-c1cccc(Cl)c1. The zero-order valence-electron chi connectivity index (χ0n) is 18.7. The molecule has 0 saturated heterocycles. The fourth-order valence-electron chi connectivity index (χ4n) is 3.59. The van der Waals surface area contributed by atoms with Gasteiger partial charge in [-0.15, -0.1) is 10.2 Å². The van der Waals surface area contributed by atoms with E-state index >= 15 is 0 Å². The molecule has 4 aromatic rings. The molecule has 1 atom stereocenters. The van der Waals surface area contributed by atoms with Gasteiger partial charge in [0.25, 0.3) is 0 Å². The van der Waals surface area contributed by atoms with Crippen molar-refractivity contribution >= 4 is 35.0 Å². The minimum atomic E-state index is -0.379. The normalized spacial score (nSPS) is 11.9.